The highest BCUT2D eigenvalue weighted by atomic mass is 35.5. The minimum Gasteiger partial charge on any atom is -0.394 e. The van der Waals surface area contributed by atoms with E-state index in [0.29, 0.717) is 30.0 Å². The van der Waals surface area contributed by atoms with Crippen LogP contribution in [0.2, 0.25) is 5.02 Å². The Hall–Kier alpha value is -2.04. The van der Waals surface area contributed by atoms with Crippen LogP contribution >= 0.6 is 11.6 Å². The first kappa shape index (κ1) is 22.6. The molecule has 1 fully saturated rings. The fraction of sp³-hybridized carbons (Fsp3) is 0.400. The van der Waals surface area contributed by atoms with Crippen LogP contribution in [0.3, 0.4) is 0 Å². The molecule has 3 rings (SSSR count). The summed E-state index contributed by atoms with van der Waals surface area (Å²) in [5.41, 5.74) is 0.299. The number of hydrogen-bond acceptors (Lipinski definition) is 6. The normalized spacial score (nSPS) is 21.9. The van der Waals surface area contributed by atoms with E-state index in [9.17, 15) is 18.3 Å². The quantitative estimate of drug-likeness (QED) is 0.560. The molecule has 1 aliphatic rings. The second-order valence-corrected chi connectivity index (χ2v) is 9.20. The highest BCUT2D eigenvalue weighted by molar-refractivity contribution is 7.89. The van der Waals surface area contributed by atoms with Gasteiger partial charge in [0, 0.05) is 17.8 Å². The van der Waals surface area contributed by atoms with Crippen LogP contribution in [0.5, 0.6) is 0 Å². The predicted octanol–water partition coefficient (Wildman–Crippen LogP) is 1.74. The number of aliphatic hydroxyl groups is 1. The molecule has 0 spiro atoms. The van der Waals surface area contributed by atoms with Crippen molar-refractivity contribution in [3.63, 3.8) is 0 Å². The van der Waals surface area contributed by atoms with Gasteiger partial charge in [-0.2, -0.15) is 0 Å². The number of pyridine rings is 1. The van der Waals surface area contributed by atoms with Gasteiger partial charge in [0.25, 0.3) is 5.91 Å². The van der Waals surface area contributed by atoms with Crippen LogP contribution in [0.4, 0.5) is 0 Å². The number of carbonyl (C=O) groups excluding carboxylic acids is 1. The zero-order valence-corrected chi connectivity index (χ0v) is 17.8. The highest BCUT2D eigenvalue weighted by Crippen LogP contribution is 2.22. The first-order chi connectivity index (χ1) is 14.4. The Morgan fingerprint density at radius 3 is 2.63 bits per heavy atom. The lowest BCUT2D eigenvalue weighted by Gasteiger charge is -2.36. The number of nitrogens with one attached hydrogen (secondary N) is 2. The van der Waals surface area contributed by atoms with Gasteiger partial charge in [0.2, 0.25) is 10.0 Å². The van der Waals surface area contributed by atoms with Crippen molar-refractivity contribution in [2.45, 2.75) is 42.4 Å². The summed E-state index contributed by atoms with van der Waals surface area (Å²) in [6, 6.07) is 10.6. The molecule has 0 aliphatic carbocycles. The van der Waals surface area contributed by atoms with E-state index in [4.69, 9.17) is 16.3 Å². The lowest BCUT2D eigenvalue weighted by molar-refractivity contribution is -0.0891. The van der Waals surface area contributed by atoms with Gasteiger partial charge in [-0.3, -0.25) is 9.78 Å². The van der Waals surface area contributed by atoms with Gasteiger partial charge in [-0.25, -0.2) is 13.1 Å². The number of rotatable bonds is 8. The van der Waals surface area contributed by atoms with Gasteiger partial charge in [0.1, 0.15) is 11.8 Å². The molecule has 0 saturated carbocycles. The van der Waals surface area contributed by atoms with Gasteiger partial charge >= 0.3 is 0 Å². The predicted molar refractivity (Wildman–Crippen MR) is 112 cm³/mol. The second kappa shape index (κ2) is 10.3. The summed E-state index contributed by atoms with van der Waals surface area (Å²) < 4.78 is 33.1. The van der Waals surface area contributed by atoms with Crippen LogP contribution in [-0.2, 0) is 14.8 Å². The number of sulfonamides is 1. The minimum atomic E-state index is -3.63. The molecule has 1 amide bonds. The zero-order chi connectivity index (χ0) is 21.6. The van der Waals surface area contributed by atoms with Crippen molar-refractivity contribution in [2.75, 3.05) is 13.2 Å². The summed E-state index contributed by atoms with van der Waals surface area (Å²) in [5.74, 6) is -0.322. The molecule has 8 nitrogen and oxygen atoms in total. The maximum atomic E-state index is 12.3. The number of aromatic nitrogens is 1. The van der Waals surface area contributed by atoms with Gasteiger partial charge in [-0.1, -0.05) is 17.7 Å². The summed E-state index contributed by atoms with van der Waals surface area (Å²) >= 11 is 5.79. The van der Waals surface area contributed by atoms with Crippen LogP contribution < -0.4 is 10.0 Å². The summed E-state index contributed by atoms with van der Waals surface area (Å²) in [7, 11) is -3.63. The largest absolute Gasteiger partial charge is 0.394 e. The SMILES string of the molecule is O=C(N[C@@H]1CC[C@H](CCNS(=O)(=O)c2ccc(Cl)cc2)O[C@H]1CO)c1ccccn1. The molecular formula is C20H24ClN3O5S. The van der Waals surface area contributed by atoms with Crippen LogP contribution in [0, 0.1) is 0 Å². The first-order valence-electron chi connectivity index (χ1n) is 9.62. The van der Waals surface area contributed by atoms with Crippen LogP contribution in [0.1, 0.15) is 29.8 Å². The molecule has 1 aliphatic heterocycles. The number of ether oxygens (including phenoxy) is 1. The molecular weight excluding hydrogens is 430 g/mol. The molecule has 1 saturated heterocycles. The van der Waals surface area contributed by atoms with E-state index in [1.807, 2.05) is 0 Å². The minimum absolute atomic E-state index is 0.141. The van der Waals surface area contributed by atoms with E-state index in [1.54, 1.807) is 18.2 Å². The Morgan fingerprint density at radius 2 is 1.97 bits per heavy atom. The fourth-order valence-corrected chi connectivity index (χ4v) is 4.47. The molecule has 0 unspecified atom stereocenters. The molecule has 162 valence electrons. The Kier molecular flexibility index (Phi) is 7.79. The first-order valence-corrected chi connectivity index (χ1v) is 11.5. The Balaban J connectivity index is 1.49. The van der Waals surface area contributed by atoms with Crippen LogP contribution in [0.25, 0.3) is 0 Å². The Labute approximate surface area is 180 Å². The third-order valence-corrected chi connectivity index (χ3v) is 6.62. The molecule has 1 aromatic carbocycles. The average Bonchev–Trinajstić information content (AvgIpc) is 2.75. The number of benzene rings is 1. The molecule has 10 heteroatoms. The molecule has 1 aromatic heterocycles. The zero-order valence-electron chi connectivity index (χ0n) is 16.2. The summed E-state index contributed by atoms with van der Waals surface area (Å²) in [6.45, 7) is -0.0566. The van der Waals surface area contributed by atoms with E-state index in [-0.39, 0.29) is 36.1 Å². The lowest BCUT2D eigenvalue weighted by Crippen LogP contribution is -2.51. The van der Waals surface area contributed by atoms with Crippen LogP contribution in [-0.4, -0.2) is 55.8 Å². The van der Waals surface area contributed by atoms with Gasteiger partial charge in [-0.05, 0) is 55.7 Å². The summed E-state index contributed by atoms with van der Waals surface area (Å²) in [4.78, 5) is 16.5. The maximum Gasteiger partial charge on any atom is 0.270 e. The number of hydrogen-bond donors (Lipinski definition) is 3. The molecule has 2 aromatic rings. The van der Waals surface area contributed by atoms with E-state index >= 15 is 0 Å². The number of nitrogens with zero attached hydrogens (tertiary/aromatic N) is 1. The van der Waals surface area contributed by atoms with E-state index < -0.39 is 16.1 Å². The van der Waals surface area contributed by atoms with Gasteiger partial charge < -0.3 is 15.2 Å². The Bertz CT molecular complexity index is 941. The standard InChI is InChI=1S/C20H24ClN3O5S/c21-14-4-7-16(8-5-14)30(27,28)23-12-10-15-6-9-17(19(13-25)29-15)24-20(26)18-3-1-2-11-22-18/h1-5,7-8,11,15,17,19,23,25H,6,9-10,12-13H2,(H,24,26)/t15-,17-,19+/m1/s1. The maximum absolute atomic E-state index is 12.3. The van der Waals surface area contributed by atoms with Gasteiger partial charge in [-0.15, -0.1) is 0 Å². The molecule has 3 atom stereocenters. The van der Waals surface area contributed by atoms with E-state index in [2.05, 4.69) is 15.0 Å². The monoisotopic (exact) mass is 453 g/mol. The highest BCUT2D eigenvalue weighted by Gasteiger charge is 2.32. The Morgan fingerprint density at radius 1 is 1.20 bits per heavy atom. The van der Waals surface area contributed by atoms with Crippen molar-refractivity contribution < 1.29 is 23.1 Å². The second-order valence-electron chi connectivity index (χ2n) is 6.99. The number of aliphatic hydroxyl groups excluding tert-OH is 1. The molecule has 0 bridgehead atoms. The van der Waals surface area contributed by atoms with Gasteiger partial charge in [0.15, 0.2) is 0 Å². The smallest absolute Gasteiger partial charge is 0.270 e. The third kappa shape index (κ3) is 5.99. The van der Waals surface area contributed by atoms with Crippen molar-refractivity contribution in [3.05, 3.63) is 59.4 Å². The topological polar surface area (TPSA) is 118 Å². The van der Waals surface area contributed by atoms with Crippen molar-refractivity contribution in [1.29, 1.82) is 0 Å². The van der Waals surface area contributed by atoms with E-state index in [1.165, 1.54) is 30.5 Å². The number of halogens is 1. The van der Waals surface area contributed by atoms with E-state index in [0.717, 1.165) is 0 Å². The fourth-order valence-electron chi connectivity index (χ4n) is 3.30. The average molecular weight is 454 g/mol. The van der Waals surface area contributed by atoms with Gasteiger partial charge in [0.05, 0.1) is 23.6 Å². The summed E-state index contributed by atoms with van der Waals surface area (Å²) in [6.07, 6.45) is 2.44. The molecule has 30 heavy (non-hydrogen) atoms. The molecule has 0 radical (unpaired) electrons. The van der Waals surface area contributed by atoms with Crippen molar-refractivity contribution in [3.8, 4) is 0 Å². The number of carbonyl (C=O) groups is 1. The van der Waals surface area contributed by atoms with Crippen molar-refractivity contribution >= 4 is 27.5 Å². The summed E-state index contributed by atoms with van der Waals surface area (Å²) in [5, 5.41) is 13.0. The van der Waals surface area contributed by atoms with Crippen molar-refractivity contribution in [2.24, 2.45) is 0 Å². The lowest BCUT2D eigenvalue weighted by atomic mass is 9.97. The molecule has 3 N–H and O–H groups in total. The third-order valence-electron chi connectivity index (χ3n) is 4.89. The molecule has 2 heterocycles. The van der Waals surface area contributed by atoms with Crippen molar-refractivity contribution in [1.82, 2.24) is 15.0 Å². The number of amides is 1. The van der Waals surface area contributed by atoms with Crippen LogP contribution in [0.15, 0.2) is 53.6 Å².